The van der Waals surface area contributed by atoms with Gasteiger partial charge in [0.05, 0.1) is 11.1 Å². The second-order valence-corrected chi connectivity index (χ2v) is 8.39. The van der Waals surface area contributed by atoms with Crippen molar-refractivity contribution in [2.75, 3.05) is 11.9 Å². The van der Waals surface area contributed by atoms with E-state index in [1.54, 1.807) is 12.3 Å². The maximum Gasteiger partial charge on any atom is 0.416 e. The third-order valence-electron chi connectivity index (χ3n) is 6.13. The van der Waals surface area contributed by atoms with Crippen molar-refractivity contribution in [1.82, 2.24) is 10.3 Å². The maximum atomic E-state index is 13.2. The van der Waals surface area contributed by atoms with Crippen LogP contribution in [-0.4, -0.2) is 17.4 Å². The second-order valence-electron chi connectivity index (χ2n) is 8.39. The summed E-state index contributed by atoms with van der Waals surface area (Å²) in [6.07, 6.45) is 3.93. The first-order chi connectivity index (χ1) is 14.3. The second kappa shape index (κ2) is 8.28. The molecule has 2 fully saturated rings. The summed E-state index contributed by atoms with van der Waals surface area (Å²) in [4.78, 5) is 17.1. The highest BCUT2D eigenvalue weighted by atomic mass is 19.4. The van der Waals surface area contributed by atoms with Crippen molar-refractivity contribution in [2.45, 2.75) is 57.5 Å². The lowest BCUT2D eigenvalue weighted by Crippen LogP contribution is -2.29. The summed E-state index contributed by atoms with van der Waals surface area (Å²) < 4.78 is 39.6. The highest BCUT2D eigenvalue weighted by molar-refractivity contribution is 5.96. The van der Waals surface area contributed by atoms with E-state index < -0.39 is 11.7 Å². The van der Waals surface area contributed by atoms with Gasteiger partial charge in [0.25, 0.3) is 5.91 Å². The lowest BCUT2D eigenvalue weighted by molar-refractivity contribution is -0.138. The standard InChI is InChI=1S/C23H26F3N3O/c1-14-19(23(24,25)26)7-4-8-20(14)29-21-11-17(16-9-10-16)18(13-27-21)22(30)28-12-15-5-2-3-6-15/h4,7-8,11,13,15-16H,2-3,5-6,9-10,12H2,1H3,(H,27,29)(H,28,30). The highest BCUT2D eigenvalue weighted by Gasteiger charge is 2.33. The Morgan fingerprint density at radius 2 is 1.90 bits per heavy atom. The number of halogens is 3. The molecule has 1 amide bonds. The van der Waals surface area contributed by atoms with Gasteiger partial charge in [-0.25, -0.2) is 4.98 Å². The van der Waals surface area contributed by atoms with Crippen LogP contribution in [0.15, 0.2) is 30.5 Å². The van der Waals surface area contributed by atoms with Gasteiger partial charge in [-0.05, 0) is 73.8 Å². The first-order valence-corrected chi connectivity index (χ1v) is 10.5. The first-order valence-electron chi connectivity index (χ1n) is 10.5. The lowest BCUT2D eigenvalue weighted by Gasteiger charge is -2.16. The molecule has 0 spiro atoms. The van der Waals surface area contributed by atoms with Crippen molar-refractivity contribution in [2.24, 2.45) is 5.92 Å². The minimum Gasteiger partial charge on any atom is -0.352 e. The molecule has 1 aromatic carbocycles. The molecule has 2 N–H and O–H groups in total. The molecule has 0 radical (unpaired) electrons. The van der Waals surface area contributed by atoms with Gasteiger partial charge in [0.1, 0.15) is 5.82 Å². The lowest BCUT2D eigenvalue weighted by atomic mass is 10.0. The van der Waals surface area contributed by atoms with Gasteiger partial charge in [-0.15, -0.1) is 0 Å². The molecule has 0 saturated heterocycles. The molecule has 2 aliphatic rings. The fraction of sp³-hybridized carbons (Fsp3) is 0.478. The number of amides is 1. The van der Waals surface area contributed by atoms with E-state index in [9.17, 15) is 18.0 Å². The molecule has 7 heteroatoms. The molecular formula is C23H26F3N3O. The van der Waals surface area contributed by atoms with Crippen LogP contribution >= 0.6 is 0 Å². The summed E-state index contributed by atoms with van der Waals surface area (Å²) in [6, 6.07) is 5.86. The molecule has 2 aliphatic carbocycles. The van der Waals surface area contributed by atoms with Crippen molar-refractivity contribution >= 4 is 17.4 Å². The number of anilines is 2. The minimum atomic E-state index is -4.41. The number of pyridine rings is 1. The Morgan fingerprint density at radius 1 is 1.17 bits per heavy atom. The van der Waals surface area contributed by atoms with E-state index in [1.165, 1.54) is 25.8 Å². The van der Waals surface area contributed by atoms with Gasteiger partial charge >= 0.3 is 6.18 Å². The largest absolute Gasteiger partial charge is 0.416 e. The molecule has 30 heavy (non-hydrogen) atoms. The monoisotopic (exact) mass is 417 g/mol. The molecule has 4 nitrogen and oxygen atoms in total. The Bertz CT molecular complexity index is 932. The van der Waals surface area contributed by atoms with Crippen molar-refractivity contribution in [3.8, 4) is 0 Å². The number of carbonyl (C=O) groups excluding carboxylic acids is 1. The van der Waals surface area contributed by atoms with E-state index in [2.05, 4.69) is 15.6 Å². The zero-order chi connectivity index (χ0) is 21.3. The molecule has 1 aromatic heterocycles. The van der Waals surface area contributed by atoms with Crippen LogP contribution in [0, 0.1) is 12.8 Å². The maximum absolute atomic E-state index is 13.2. The van der Waals surface area contributed by atoms with Gasteiger partial charge < -0.3 is 10.6 Å². The third-order valence-corrected chi connectivity index (χ3v) is 6.13. The Hall–Kier alpha value is -2.57. The number of hydrogen-bond donors (Lipinski definition) is 2. The molecule has 0 atom stereocenters. The Morgan fingerprint density at radius 3 is 2.57 bits per heavy atom. The zero-order valence-corrected chi connectivity index (χ0v) is 17.0. The van der Waals surface area contributed by atoms with Crippen molar-refractivity contribution in [3.05, 3.63) is 52.7 Å². The Labute approximate surface area is 174 Å². The molecule has 160 valence electrons. The number of nitrogens with one attached hydrogen (secondary N) is 2. The van der Waals surface area contributed by atoms with Gasteiger partial charge in [0.15, 0.2) is 0 Å². The van der Waals surface area contributed by atoms with Gasteiger partial charge in [-0.1, -0.05) is 18.9 Å². The van der Waals surface area contributed by atoms with Crippen LogP contribution in [0.25, 0.3) is 0 Å². The number of aromatic nitrogens is 1. The van der Waals surface area contributed by atoms with Crippen molar-refractivity contribution < 1.29 is 18.0 Å². The molecule has 1 heterocycles. The molecule has 0 bridgehead atoms. The van der Waals surface area contributed by atoms with E-state index >= 15 is 0 Å². The fourth-order valence-electron chi connectivity index (χ4n) is 4.22. The predicted molar refractivity (Wildman–Crippen MR) is 110 cm³/mol. The average Bonchev–Trinajstić information content (AvgIpc) is 3.42. The summed E-state index contributed by atoms with van der Waals surface area (Å²) in [5.41, 5.74) is 1.30. The normalized spacial score (nSPS) is 17.2. The summed E-state index contributed by atoms with van der Waals surface area (Å²) in [6.45, 7) is 2.13. The topological polar surface area (TPSA) is 54.0 Å². The van der Waals surface area contributed by atoms with Crippen LogP contribution in [0.5, 0.6) is 0 Å². The highest BCUT2D eigenvalue weighted by Crippen LogP contribution is 2.43. The van der Waals surface area contributed by atoms with Crippen LogP contribution in [0.1, 0.15) is 71.5 Å². The van der Waals surface area contributed by atoms with E-state index in [0.29, 0.717) is 35.4 Å². The number of benzene rings is 1. The van der Waals surface area contributed by atoms with Crippen molar-refractivity contribution in [1.29, 1.82) is 0 Å². The van der Waals surface area contributed by atoms with Crippen LogP contribution < -0.4 is 10.6 Å². The zero-order valence-electron chi connectivity index (χ0n) is 17.0. The predicted octanol–water partition coefficient (Wildman–Crippen LogP) is 5.95. The summed E-state index contributed by atoms with van der Waals surface area (Å²) in [5, 5.41) is 6.05. The summed E-state index contributed by atoms with van der Waals surface area (Å²) in [7, 11) is 0. The number of nitrogens with zero attached hydrogens (tertiary/aromatic N) is 1. The van der Waals surface area contributed by atoms with Gasteiger partial charge in [-0.3, -0.25) is 4.79 Å². The average molecular weight is 417 g/mol. The smallest absolute Gasteiger partial charge is 0.352 e. The third kappa shape index (κ3) is 4.60. The molecule has 0 aliphatic heterocycles. The fourth-order valence-corrected chi connectivity index (χ4v) is 4.22. The number of rotatable bonds is 6. The van der Waals surface area contributed by atoms with Gasteiger partial charge in [0.2, 0.25) is 0 Å². The molecular weight excluding hydrogens is 391 g/mol. The van der Waals surface area contributed by atoms with Gasteiger partial charge in [-0.2, -0.15) is 13.2 Å². The molecule has 2 aromatic rings. The van der Waals surface area contributed by atoms with Crippen LogP contribution in [0.3, 0.4) is 0 Å². The number of alkyl halides is 3. The Kier molecular flexibility index (Phi) is 5.71. The summed E-state index contributed by atoms with van der Waals surface area (Å²) >= 11 is 0. The van der Waals surface area contributed by atoms with E-state index in [-0.39, 0.29) is 11.5 Å². The minimum absolute atomic E-state index is 0.113. The van der Waals surface area contributed by atoms with Crippen LogP contribution in [-0.2, 0) is 6.18 Å². The quantitative estimate of drug-likeness (QED) is 0.611. The molecule has 4 rings (SSSR count). The van der Waals surface area contributed by atoms with E-state index in [0.717, 1.165) is 37.3 Å². The summed E-state index contributed by atoms with van der Waals surface area (Å²) in [5.74, 6) is 1.20. The number of hydrogen-bond acceptors (Lipinski definition) is 3. The SMILES string of the molecule is Cc1c(Nc2cc(C3CC3)c(C(=O)NCC3CCCC3)cn2)cccc1C(F)(F)F. The van der Waals surface area contributed by atoms with E-state index in [1.807, 2.05) is 6.07 Å². The van der Waals surface area contributed by atoms with Crippen LogP contribution in [0.2, 0.25) is 0 Å². The Balaban J connectivity index is 1.53. The van der Waals surface area contributed by atoms with Crippen LogP contribution in [0.4, 0.5) is 24.7 Å². The molecule has 0 unspecified atom stereocenters. The first kappa shape index (κ1) is 20.7. The van der Waals surface area contributed by atoms with E-state index in [4.69, 9.17) is 0 Å². The van der Waals surface area contributed by atoms with Gasteiger partial charge in [0, 0.05) is 18.4 Å². The number of carbonyl (C=O) groups is 1. The molecule has 2 saturated carbocycles. The van der Waals surface area contributed by atoms with Crippen molar-refractivity contribution in [3.63, 3.8) is 0 Å².